The highest BCUT2D eigenvalue weighted by Crippen LogP contribution is 2.35. The minimum Gasteiger partial charge on any atom is -0.378 e. The fourth-order valence-corrected chi connectivity index (χ4v) is 3.20. The van der Waals surface area contributed by atoms with Gasteiger partial charge in [-0.2, -0.15) is 5.11 Å². The lowest BCUT2D eigenvalue weighted by molar-refractivity contribution is -0.0274. The Morgan fingerprint density at radius 2 is 1.71 bits per heavy atom. The third-order valence-electron chi connectivity index (χ3n) is 4.27. The molecule has 0 aromatic heterocycles. The number of hydrogen-bond acceptors (Lipinski definition) is 4. The van der Waals surface area contributed by atoms with Crippen molar-refractivity contribution in [3.05, 3.63) is 0 Å². The number of fused-ring (bicyclic) bond motifs is 1. The Bertz CT molecular complexity index is 367. The topological polar surface area (TPSA) is 37.2 Å². The van der Waals surface area contributed by atoms with Crippen LogP contribution in [0.25, 0.3) is 0 Å². The van der Waals surface area contributed by atoms with E-state index in [4.69, 9.17) is 4.74 Å². The molecule has 0 spiro atoms. The predicted molar refractivity (Wildman–Crippen MR) is 86.3 cm³/mol. The van der Waals surface area contributed by atoms with Crippen molar-refractivity contribution < 1.29 is 4.74 Å². The molecule has 1 fully saturated rings. The van der Waals surface area contributed by atoms with Gasteiger partial charge in [0.2, 0.25) is 0 Å². The summed E-state index contributed by atoms with van der Waals surface area (Å²) in [6, 6.07) is 0.778. The number of hydrogen-bond donors (Lipinski definition) is 0. The monoisotopic (exact) mass is 295 g/mol. The summed E-state index contributed by atoms with van der Waals surface area (Å²) in [7, 11) is 0. The zero-order chi connectivity index (χ0) is 15.7. The van der Waals surface area contributed by atoms with Crippen LogP contribution in [-0.2, 0) is 4.74 Å². The highest BCUT2D eigenvalue weighted by Gasteiger charge is 2.40. The van der Waals surface area contributed by atoms with Crippen molar-refractivity contribution in [1.29, 1.82) is 0 Å². The molecule has 4 heteroatoms. The highest BCUT2D eigenvalue weighted by molar-refractivity contribution is 4.94. The van der Waals surface area contributed by atoms with Crippen LogP contribution in [0.1, 0.15) is 73.6 Å². The van der Waals surface area contributed by atoms with Gasteiger partial charge in [-0.1, -0.05) is 38.8 Å². The van der Waals surface area contributed by atoms with E-state index < -0.39 is 0 Å². The predicted octanol–water partition coefficient (Wildman–Crippen LogP) is 4.60. The third-order valence-corrected chi connectivity index (χ3v) is 4.27. The zero-order valence-electron chi connectivity index (χ0n) is 14.7. The van der Waals surface area contributed by atoms with Crippen LogP contribution >= 0.6 is 0 Å². The molecular weight excluding hydrogens is 262 g/mol. The Hall–Kier alpha value is -0.640. The fourth-order valence-electron chi connectivity index (χ4n) is 3.20. The molecule has 2 aliphatic rings. The molecule has 4 nitrogen and oxygen atoms in total. The lowest BCUT2D eigenvalue weighted by atomic mass is 9.89. The molecule has 1 saturated carbocycles. The molecular formula is C17H33N3O. The van der Waals surface area contributed by atoms with Crippen molar-refractivity contribution in [3.63, 3.8) is 0 Å². The van der Waals surface area contributed by atoms with Crippen molar-refractivity contribution >= 4 is 0 Å². The van der Waals surface area contributed by atoms with Gasteiger partial charge >= 0.3 is 0 Å². The van der Waals surface area contributed by atoms with Crippen LogP contribution < -0.4 is 0 Å². The zero-order valence-corrected chi connectivity index (χ0v) is 14.7. The van der Waals surface area contributed by atoms with Crippen molar-refractivity contribution in [2.75, 3.05) is 6.61 Å². The Kier molecular flexibility index (Phi) is 4.96. The summed E-state index contributed by atoms with van der Waals surface area (Å²) >= 11 is 0. The van der Waals surface area contributed by atoms with Gasteiger partial charge in [-0.15, -0.1) is 0 Å². The van der Waals surface area contributed by atoms with Crippen LogP contribution in [0.3, 0.4) is 0 Å². The second-order valence-corrected chi connectivity index (χ2v) is 8.87. The molecule has 1 heterocycles. The lowest BCUT2D eigenvalue weighted by Crippen LogP contribution is -2.48. The van der Waals surface area contributed by atoms with E-state index in [1.54, 1.807) is 0 Å². The maximum Gasteiger partial charge on any atom is 0.0950 e. The largest absolute Gasteiger partial charge is 0.378 e. The summed E-state index contributed by atoms with van der Waals surface area (Å²) in [4.78, 5) is 0. The number of nitrogens with zero attached hydrogens (tertiary/aromatic N) is 3. The molecule has 2 rings (SSSR count). The van der Waals surface area contributed by atoms with Gasteiger partial charge in [0.25, 0.3) is 0 Å². The summed E-state index contributed by atoms with van der Waals surface area (Å²) in [6.45, 7) is 14.2. The second kappa shape index (κ2) is 6.23. The molecule has 21 heavy (non-hydrogen) atoms. The molecule has 0 aromatic rings. The van der Waals surface area contributed by atoms with E-state index in [2.05, 4.69) is 56.9 Å². The summed E-state index contributed by atoms with van der Waals surface area (Å²) in [5.74, 6) is 0. The van der Waals surface area contributed by atoms with E-state index >= 15 is 0 Å². The van der Waals surface area contributed by atoms with Gasteiger partial charge in [0.1, 0.15) is 0 Å². The van der Waals surface area contributed by atoms with E-state index in [0.29, 0.717) is 18.2 Å². The normalized spacial score (nSPS) is 31.0. The maximum atomic E-state index is 6.24. The summed E-state index contributed by atoms with van der Waals surface area (Å²) in [5.41, 5.74) is 0.270. The van der Waals surface area contributed by atoms with Crippen molar-refractivity contribution in [2.24, 2.45) is 15.8 Å². The molecule has 1 aliphatic carbocycles. The van der Waals surface area contributed by atoms with E-state index in [-0.39, 0.29) is 11.0 Å². The first kappa shape index (κ1) is 16.7. The minimum atomic E-state index is 0.0384. The average Bonchev–Trinajstić information content (AvgIpc) is 2.68. The van der Waals surface area contributed by atoms with Crippen LogP contribution in [0.15, 0.2) is 10.3 Å². The lowest BCUT2D eigenvalue weighted by Gasteiger charge is -2.38. The second-order valence-electron chi connectivity index (χ2n) is 8.87. The van der Waals surface area contributed by atoms with Crippen molar-refractivity contribution in [3.8, 4) is 0 Å². The van der Waals surface area contributed by atoms with Crippen LogP contribution in [0.4, 0.5) is 0 Å². The van der Waals surface area contributed by atoms with E-state index in [1.807, 2.05) is 0 Å². The smallest absolute Gasteiger partial charge is 0.0950 e. The quantitative estimate of drug-likeness (QED) is 0.746. The summed E-state index contributed by atoms with van der Waals surface area (Å²) in [5, 5.41) is 11.2. The summed E-state index contributed by atoms with van der Waals surface area (Å²) in [6.07, 6.45) is 6.26. The molecule has 122 valence electrons. The van der Waals surface area contributed by atoms with Gasteiger partial charge in [-0.3, -0.25) is 5.01 Å². The Labute approximate surface area is 130 Å². The van der Waals surface area contributed by atoms with Gasteiger partial charge in [-0.05, 0) is 45.4 Å². The molecule has 3 atom stereocenters. The Balaban J connectivity index is 2.03. The highest BCUT2D eigenvalue weighted by atomic mass is 16.5. The SMILES string of the molecule is CC(C)(C)COC1CCCCC2N=NN(C(C)(C)C)C2C1. The van der Waals surface area contributed by atoms with Crippen molar-refractivity contribution in [2.45, 2.75) is 97.4 Å². The standard InChI is InChI=1S/C17H33N3O/c1-16(2,3)12-21-13-9-7-8-10-14-15(11-13)20(19-18-14)17(4,5)6/h13-15H,7-12H2,1-6H3. The van der Waals surface area contributed by atoms with E-state index in [0.717, 1.165) is 13.0 Å². The van der Waals surface area contributed by atoms with Crippen LogP contribution in [0.2, 0.25) is 0 Å². The Morgan fingerprint density at radius 3 is 2.33 bits per heavy atom. The molecule has 0 saturated heterocycles. The van der Waals surface area contributed by atoms with Gasteiger partial charge in [0.05, 0.1) is 30.3 Å². The van der Waals surface area contributed by atoms with Gasteiger partial charge < -0.3 is 4.74 Å². The van der Waals surface area contributed by atoms with Gasteiger partial charge in [0.15, 0.2) is 0 Å². The maximum absolute atomic E-state index is 6.24. The third kappa shape index (κ3) is 4.67. The first-order chi connectivity index (χ1) is 9.67. The molecule has 1 aliphatic heterocycles. The molecule has 3 unspecified atom stereocenters. The number of ether oxygens (including phenoxy) is 1. The first-order valence-corrected chi connectivity index (χ1v) is 8.48. The van der Waals surface area contributed by atoms with Crippen LogP contribution in [0, 0.1) is 5.41 Å². The van der Waals surface area contributed by atoms with E-state index in [1.165, 1.54) is 25.7 Å². The molecule has 0 N–H and O–H groups in total. The molecule has 0 aromatic carbocycles. The van der Waals surface area contributed by atoms with Gasteiger partial charge in [0, 0.05) is 0 Å². The van der Waals surface area contributed by atoms with Crippen LogP contribution in [-0.4, -0.2) is 35.3 Å². The fraction of sp³-hybridized carbons (Fsp3) is 1.00. The molecule has 0 radical (unpaired) electrons. The van der Waals surface area contributed by atoms with Crippen molar-refractivity contribution in [1.82, 2.24) is 5.01 Å². The number of rotatable bonds is 2. The molecule has 0 bridgehead atoms. The van der Waals surface area contributed by atoms with Gasteiger partial charge in [-0.25, -0.2) is 0 Å². The first-order valence-electron chi connectivity index (χ1n) is 8.48. The molecule has 0 amide bonds. The van der Waals surface area contributed by atoms with E-state index in [9.17, 15) is 0 Å². The summed E-state index contributed by atoms with van der Waals surface area (Å²) < 4.78 is 6.24. The average molecular weight is 295 g/mol. The Morgan fingerprint density at radius 1 is 1.05 bits per heavy atom. The van der Waals surface area contributed by atoms with Crippen LogP contribution in [0.5, 0.6) is 0 Å². The minimum absolute atomic E-state index is 0.0384.